The van der Waals surface area contributed by atoms with Crippen LogP contribution in [0.4, 0.5) is 5.69 Å². The fraction of sp³-hybridized carbons (Fsp3) is 0.333. The Hall–Kier alpha value is -2.66. The van der Waals surface area contributed by atoms with Gasteiger partial charge in [-0.3, -0.25) is 9.69 Å². The van der Waals surface area contributed by atoms with Crippen molar-refractivity contribution in [3.8, 4) is 0 Å². The molecule has 2 aromatic rings. The average molecular weight is 354 g/mol. The van der Waals surface area contributed by atoms with E-state index < -0.39 is 5.97 Å². The molecule has 0 spiro atoms. The molecule has 5 nitrogen and oxygen atoms in total. The third-order valence-corrected chi connectivity index (χ3v) is 4.30. The Morgan fingerprint density at radius 3 is 2.08 bits per heavy atom. The van der Waals surface area contributed by atoms with E-state index in [1.807, 2.05) is 24.3 Å². The molecule has 1 amide bonds. The van der Waals surface area contributed by atoms with Gasteiger partial charge in [0.25, 0.3) is 5.91 Å². The standard InChI is InChI=1S/C21H26N2O3/c1-5-23(15(2)3)14-16-6-8-17(9-7-16)20(24)22-19-12-10-18(11-13-19)21(25)26-4/h6-13,15H,5,14H2,1-4H3,(H,22,24). The maximum absolute atomic E-state index is 12.4. The van der Waals surface area contributed by atoms with Gasteiger partial charge < -0.3 is 10.1 Å². The number of amides is 1. The van der Waals surface area contributed by atoms with Crippen LogP contribution >= 0.6 is 0 Å². The number of esters is 1. The Kier molecular flexibility index (Phi) is 6.92. The quantitative estimate of drug-likeness (QED) is 0.765. The van der Waals surface area contributed by atoms with Gasteiger partial charge in [-0.25, -0.2) is 4.79 Å². The van der Waals surface area contributed by atoms with Gasteiger partial charge in [-0.05, 0) is 62.4 Å². The van der Waals surface area contributed by atoms with Gasteiger partial charge in [0.2, 0.25) is 0 Å². The van der Waals surface area contributed by atoms with E-state index in [0.717, 1.165) is 13.1 Å². The minimum atomic E-state index is -0.402. The third-order valence-electron chi connectivity index (χ3n) is 4.30. The molecule has 0 aromatic heterocycles. The number of nitrogens with one attached hydrogen (secondary N) is 1. The van der Waals surface area contributed by atoms with Crippen molar-refractivity contribution in [3.63, 3.8) is 0 Å². The summed E-state index contributed by atoms with van der Waals surface area (Å²) in [7, 11) is 1.34. The molecule has 0 aliphatic heterocycles. The summed E-state index contributed by atoms with van der Waals surface area (Å²) in [5.41, 5.74) is 2.85. The predicted octanol–water partition coefficient (Wildman–Crippen LogP) is 3.96. The van der Waals surface area contributed by atoms with Crippen LogP contribution in [0.2, 0.25) is 0 Å². The van der Waals surface area contributed by atoms with Crippen molar-refractivity contribution in [2.24, 2.45) is 0 Å². The molecular weight excluding hydrogens is 328 g/mol. The molecule has 0 aliphatic rings. The Balaban J connectivity index is 2.00. The molecule has 0 fully saturated rings. The molecular formula is C21H26N2O3. The highest BCUT2D eigenvalue weighted by Crippen LogP contribution is 2.14. The fourth-order valence-corrected chi connectivity index (χ4v) is 2.67. The fourth-order valence-electron chi connectivity index (χ4n) is 2.67. The molecule has 0 unspecified atom stereocenters. The van der Waals surface area contributed by atoms with Crippen LogP contribution in [0.3, 0.4) is 0 Å². The number of nitrogens with zero attached hydrogens (tertiary/aromatic N) is 1. The topological polar surface area (TPSA) is 58.6 Å². The summed E-state index contributed by atoms with van der Waals surface area (Å²) < 4.78 is 4.66. The third kappa shape index (κ3) is 5.17. The predicted molar refractivity (Wildman–Crippen MR) is 103 cm³/mol. The molecule has 0 heterocycles. The van der Waals surface area contributed by atoms with E-state index in [2.05, 4.69) is 35.7 Å². The second-order valence-electron chi connectivity index (χ2n) is 6.38. The van der Waals surface area contributed by atoms with Gasteiger partial charge in [-0.1, -0.05) is 19.1 Å². The zero-order chi connectivity index (χ0) is 19.1. The van der Waals surface area contributed by atoms with Crippen molar-refractivity contribution in [2.45, 2.75) is 33.4 Å². The normalized spacial score (nSPS) is 10.8. The van der Waals surface area contributed by atoms with Crippen molar-refractivity contribution in [3.05, 3.63) is 65.2 Å². The second kappa shape index (κ2) is 9.15. The SMILES string of the molecule is CCN(Cc1ccc(C(=O)Nc2ccc(C(=O)OC)cc2)cc1)C(C)C. The smallest absolute Gasteiger partial charge is 0.337 e. The Morgan fingerprint density at radius 1 is 1.00 bits per heavy atom. The van der Waals surface area contributed by atoms with Crippen LogP contribution in [0.1, 0.15) is 47.1 Å². The molecule has 138 valence electrons. The summed E-state index contributed by atoms with van der Waals surface area (Å²) >= 11 is 0. The molecule has 0 radical (unpaired) electrons. The molecule has 1 N–H and O–H groups in total. The van der Waals surface area contributed by atoms with Gasteiger partial charge in [-0.2, -0.15) is 0 Å². The molecule has 2 rings (SSSR count). The minimum Gasteiger partial charge on any atom is -0.465 e. The van der Waals surface area contributed by atoms with E-state index >= 15 is 0 Å². The number of hydrogen-bond donors (Lipinski definition) is 1. The summed E-state index contributed by atoms with van der Waals surface area (Å²) in [6.45, 7) is 8.35. The summed E-state index contributed by atoms with van der Waals surface area (Å²) in [6.07, 6.45) is 0. The van der Waals surface area contributed by atoms with Crippen LogP contribution < -0.4 is 5.32 Å². The molecule has 0 atom stereocenters. The largest absolute Gasteiger partial charge is 0.465 e. The van der Waals surface area contributed by atoms with E-state index in [4.69, 9.17) is 0 Å². The monoisotopic (exact) mass is 354 g/mol. The molecule has 0 aliphatic carbocycles. The lowest BCUT2D eigenvalue weighted by molar-refractivity contribution is 0.0600. The number of carbonyl (C=O) groups excluding carboxylic acids is 2. The molecule has 0 saturated heterocycles. The molecule has 26 heavy (non-hydrogen) atoms. The Bertz CT molecular complexity index is 737. The van der Waals surface area contributed by atoms with Crippen molar-refractivity contribution in [2.75, 3.05) is 19.0 Å². The van der Waals surface area contributed by atoms with Crippen LogP contribution in [0.25, 0.3) is 0 Å². The summed E-state index contributed by atoms with van der Waals surface area (Å²) in [5.74, 6) is -0.584. The molecule has 5 heteroatoms. The number of benzene rings is 2. The number of carbonyl (C=O) groups is 2. The highest BCUT2D eigenvalue weighted by molar-refractivity contribution is 6.04. The van der Waals surface area contributed by atoms with Gasteiger partial charge in [0, 0.05) is 23.8 Å². The maximum atomic E-state index is 12.4. The number of ether oxygens (including phenoxy) is 1. The zero-order valence-electron chi connectivity index (χ0n) is 15.8. The maximum Gasteiger partial charge on any atom is 0.337 e. The van der Waals surface area contributed by atoms with Crippen LogP contribution in [0.15, 0.2) is 48.5 Å². The van der Waals surface area contributed by atoms with Gasteiger partial charge in [0.05, 0.1) is 12.7 Å². The van der Waals surface area contributed by atoms with E-state index in [0.29, 0.717) is 22.9 Å². The summed E-state index contributed by atoms with van der Waals surface area (Å²) in [4.78, 5) is 26.2. The molecule has 0 saturated carbocycles. The molecule has 2 aromatic carbocycles. The van der Waals surface area contributed by atoms with Crippen LogP contribution in [-0.4, -0.2) is 36.5 Å². The summed E-state index contributed by atoms with van der Waals surface area (Å²) in [6, 6.07) is 14.7. The molecule has 0 bridgehead atoms. The van der Waals surface area contributed by atoms with Crippen molar-refractivity contribution >= 4 is 17.6 Å². The van der Waals surface area contributed by atoms with Crippen LogP contribution in [0, 0.1) is 0 Å². The lowest BCUT2D eigenvalue weighted by Crippen LogP contribution is -2.29. The lowest BCUT2D eigenvalue weighted by Gasteiger charge is -2.24. The van der Waals surface area contributed by atoms with E-state index in [9.17, 15) is 9.59 Å². The van der Waals surface area contributed by atoms with Gasteiger partial charge in [-0.15, -0.1) is 0 Å². The highest BCUT2D eigenvalue weighted by atomic mass is 16.5. The van der Waals surface area contributed by atoms with E-state index in [1.165, 1.54) is 12.7 Å². The van der Waals surface area contributed by atoms with Crippen molar-refractivity contribution < 1.29 is 14.3 Å². The first-order valence-electron chi connectivity index (χ1n) is 8.77. The Labute approximate surface area is 155 Å². The average Bonchev–Trinajstić information content (AvgIpc) is 2.66. The minimum absolute atomic E-state index is 0.182. The number of rotatable bonds is 7. The van der Waals surface area contributed by atoms with Crippen LogP contribution in [-0.2, 0) is 11.3 Å². The highest BCUT2D eigenvalue weighted by Gasteiger charge is 2.10. The second-order valence-corrected chi connectivity index (χ2v) is 6.38. The first kappa shape index (κ1) is 19.7. The number of anilines is 1. The Morgan fingerprint density at radius 2 is 1.58 bits per heavy atom. The lowest BCUT2D eigenvalue weighted by atomic mass is 10.1. The number of methoxy groups -OCH3 is 1. The first-order valence-corrected chi connectivity index (χ1v) is 8.77. The number of hydrogen-bond acceptors (Lipinski definition) is 4. The van der Waals surface area contributed by atoms with E-state index in [1.54, 1.807) is 24.3 Å². The van der Waals surface area contributed by atoms with Gasteiger partial charge in [0.15, 0.2) is 0 Å². The van der Waals surface area contributed by atoms with Crippen molar-refractivity contribution in [1.82, 2.24) is 4.90 Å². The van der Waals surface area contributed by atoms with Crippen LogP contribution in [0.5, 0.6) is 0 Å². The first-order chi connectivity index (χ1) is 12.4. The van der Waals surface area contributed by atoms with Gasteiger partial charge >= 0.3 is 5.97 Å². The zero-order valence-corrected chi connectivity index (χ0v) is 15.8. The van der Waals surface area contributed by atoms with E-state index in [-0.39, 0.29) is 5.91 Å². The summed E-state index contributed by atoms with van der Waals surface area (Å²) in [5, 5.41) is 2.83. The van der Waals surface area contributed by atoms with Gasteiger partial charge in [0.1, 0.15) is 0 Å². The van der Waals surface area contributed by atoms with Crippen molar-refractivity contribution in [1.29, 1.82) is 0 Å².